The van der Waals surface area contributed by atoms with E-state index in [9.17, 15) is 4.79 Å². The molecule has 0 bridgehead atoms. The summed E-state index contributed by atoms with van der Waals surface area (Å²) in [4.78, 5) is 11.0. The van der Waals surface area contributed by atoms with Gasteiger partial charge in [0, 0.05) is 0 Å². The Labute approximate surface area is 65.1 Å². The number of nitriles is 1. The fourth-order valence-corrected chi connectivity index (χ4v) is 0.704. The number of nitrogens with zero attached hydrogens (tertiary/aromatic N) is 1. The van der Waals surface area contributed by atoms with E-state index in [2.05, 4.69) is 5.32 Å². The summed E-state index contributed by atoms with van der Waals surface area (Å²) in [5.41, 5.74) is 0. The van der Waals surface area contributed by atoms with E-state index in [-0.39, 0.29) is 11.9 Å². The highest BCUT2D eigenvalue weighted by Crippen LogP contribution is 2.01. The second-order valence-corrected chi connectivity index (χ2v) is 2.59. The van der Waals surface area contributed by atoms with Gasteiger partial charge in [-0.1, -0.05) is 0 Å². The van der Waals surface area contributed by atoms with E-state index in [1.54, 1.807) is 6.92 Å². The Hall–Kier alpha value is -1.08. The summed E-state index contributed by atoms with van der Waals surface area (Å²) in [6.45, 7) is 2.72. The van der Waals surface area contributed by atoms with Crippen LogP contribution in [0, 0.1) is 17.2 Å². The molecule has 1 rings (SSSR count). The maximum absolute atomic E-state index is 11.0. The van der Waals surface area contributed by atoms with Crippen molar-refractivity contribution in [2.24, 2.45) is 5.92 Å². The summed E-state index contributed by atoms with van der Waals surface area (Å²) in [6.07, 6.45) is 0. The van der Waals surface area contributed by atoms with Gasteiger partial charge in [-0.15, -0.1) is 0 Å². The summed E-state index contributed by atoms with van der Waals surface area (Å²) in [5.74, 6) is -0.767. The molecule has 4 heteroatoms. The van der Waals surface area contributed by atoms with Crippen LogP contribution >= 0.6 is 0 Å². The van der Waals surface area contributed by atoms with Crippen LogP contribution in [0.1, 0.15) is 6.92 Å². The molecule has 60 valence electrons. The van der Waals surface area contributed by atoms with Gasteiger partial charge in [0.2, 0.25) is 5.91 Å². The van der Waals surface area contributed by atoms with E-state index in [1.807, 2.05) is 6.07 Å². The summed E-state index contributed by atoms with van der Waals surface area (Å²) < 4.78 is 4.85. The molecule has 1 N–H and O–H groups in total. The van der Waals surface area contributed by atoms with E-state index in [4.69, 9.17) is 10.00 Å². The van der Waals surface area contributed by atoms with Crippen LogP contribution in [-0.2, 0) is 9.53 Å². The molecule has 1 amide bonds. The monoisotopic (exact) mass is 154 g/mol. The Balaban J connectivity index is 2.25. The van der Waals surface area contributed by atoms with Crippen molar-refractivity contribution >= 4 is 5.91 Å². The standard InChI is InChI=1S/C7H10N2O2/c1-5(2-8)7(10)9-6-3-11-4-6/h5-6H,3-4H2,1H3,(H,9,10). The number of rotatable bonds is 2. The van der Waals surface area contributed by atoms with Gasteiger partial charge in [-0.3, -0.25) is 4.79 Å². The number of hydrogen-bond acceptors (Lipinski definition) is 3. The zero-order valence-electron chi connectivity index (χ0n) is 6.33. The highest BCUT2D eigenvalue weighted by Gasteiger charge is 2.22. The minimum absolute atomic E-state index is 0.123. The molecule has 1 unspecified atom stereocenters. The van der Waals surface area contributed by atoms with Crippen LogP contribution < -0.4 is 5.32 Å². The lowest BCUT2D eigenvalue weighted by Crippen LogP contribution is -2.49. The van der Waals surface area contributed by atoms with Crippen molar-refractivity contribution in [3.05, 3.63) is 0 Å². The largest absolute Gasteiger partial charge is 0.377 e. The third-order valence-corrected chi connectivity index (χ3v) is 1.57. The smallest absolute Gasteiger partial charge is 0.237 e. The first-order chi connectivity index (χ1) is 5.24. The fraction of sp³-hybridized carbons (Fsp3) is 0.714. The number of ether oxygens (including phenoxy) is 1. The zero-order chi connectivity index (χ0) is 8.27. The van der Waals surface area contributed by atoms with Crippen LogP contribution in [0.3, 0.4) is 0 Å². The Morgan fingerprint density at radius 3 is 2.82 bits per heavy atom. The van der Waals surface area contributed by atoms with Gasteiger partial charge in [0.15, 0.2) is 0 Å². The van der Waals surface area contributed by atoms with Gasteiger partial charge in [0.05, 0.1) is 25.3 Å². The molecule has 11 heavy (non-hydrogen) atoms. The molecule has 4 nitrogen and oxygen atoms in total. The molecule has 1 aliphatic heterocycles. The molecule has 0 aliphatic carbocycles. The van der Waals surface area contributed by atoms with Gasteiger partial charge < -0.3 is 10.1 Å². The minimum Gasteiger partial charge on any atom is -0.377 e. The molecule has 1 fully saturated rings. The van der Waals surface area contributed by atoms with E-state index >= 15 is 0 Å². The first-order valence-electron chi connectivity index (χ1n) is 3.51. The van der Waals surface area contributed by atoms with Gasteiger partial charge in [-0.25, -0.2) is 0 Å². The van der Waals surface area contributed by atoms with Crippen LogP contribution in [0.5, 0.6) is 0 Å². The molecular weight excluding hydrogens is 144 g/mol. The van der Waals surface area contributed by atoms with Crippen molar-refractivity contribution in [1.82, 2.24) is 5.32 Å². The van der Waals surface area contributed by atoms with Crippen LogP contribution in [0.4, 0.5) is 0 Å². The zero-order valence-corrected chi connectivity index (χ0v) is 6.33. The third kappa shape index (κ3) is 1.92. The van der Waals surface area contributed by atoms with E-state index in [1.165, 1.54) is 0 Å². The SMILES string of the molecule is CC(C#N)C(=O)NC1COC1. The lowest BCUT2D eigenvalue weighted by Gasteiger charge is -2.27. The predicted octanol–water partition coefficient (Wildman–Crippen LogP) is -0.339. The number of carbonyl (C=O) groups excluding carboxylic acids is 1. The number of carbonyl (C=O) groups is 1. The predicted molar refractivity (Wildman–Crippen MR) is 37.5 cm³/mol. The van der Waals surface area contributed by atoms with Gasteiger partial charge in [0.25, 0.3) is 0 Å². The topological polar surface area (TPSA) is 62.1 Å². The van der Waals surface area contributed by atoms with Gasteiger partial charge >= 0.3 is 0 Å². The highest BCUT2D eigenvalue weighted by molar-refractivity contribution is 5.80. The van der Waals surface area contributed by atoms with Gasteiger partial charge in [0.1, 0.15) is 5.92 Å². The average Bonchev–Trinajstić information content (AvgIpc) is 1.94. The molecule has 0 saturated carbocycles. The molecule has 0 radical (unpaired) electrons. The van der Waals surface area contributed by atoms with Gasteiger partial charge in [-0.05, 0) is 6.92 Å². The first-order valence-corrected chi connectivity index (χ1v) is 3.51. The average molecular weight is 154 g/mol. The highest BCUT2D eigenvalue weighted by atomic mass is 16.5. The van der Waals surface area contributed by atoms with Crippen molar-refractivity contribution in [2.75, 3.05) is 13.2 Å². The Bertz CT molecular complexity index is 193. The van der Waals surface area contributed by atoms with E-state index in [0.29, 0.717) is 13.2 Å². The lowest BCUT2D eigenvalue weighted by atomic mass is 10.1. The summed E-state index contributed by atoms with van der Waals surface area (Å²) in [5, 5.41) is 11.0. The first kappa shape index (κ1) is 8.02. The van der Waals surface area contributed by atoms with Crippen molar-refractivity contribution in [3.8, 4) is 6.07 Å². The quantitative estimate of drug-likeness (QED) is 0.592. The van der Waals surface area contributed by atoms with Crippen molar-refractivity contribution < 1.29 is 9.53 Å². The fourth-order valence-electron chi connectivity index (χ4n) is 0.704. The van der Waals surface area contributed by atoms with Crippen LogP contribution in [0.2, 0.25) is 0 Å². The molecule has 0 aromatic heterocycles. The second kappa shape index (κ2) is 3.35. The third-order valence-electron chi connectivity index (χ3n) is 1.57. The van der Waals surface area contributed by atoms with E-state index in [0.717, 1.165) is 0 Å². The van der Waals surface area contributed by atoms with Crippen LogP contribution in [0.25, 0.3) is 0 Å². The lowest BCUT2D eigenvalue weighted by molar-refractivity contribution is -0.127. The van der Waals surface area contributed by atoms with Gasteiger partial charge in [-0.2, -0.15) is 5.26 Å². The van der Waals surface area contributed by atoms with Crippen molar-refractivity contribution in [3.63, 3.8) is 0 Å². The number of nitrogens with one attached hydrogen (secondary N) is 1. The Morgan fingerprint density at radius 1 is 1.82 bits per heavy atom. The maximum Gasteiger partial charge on any atom is 0.237 e. The number of amides is 1. The number of hydrogen-bond donors (Lipinski definition) is 1. The molecule has 1 heterocycles. The van der Waals surface area contributed by atoms with Crippen molar-refractivity contribution in [2.45, 2.75) is 13.0 Å². The molecule has 0 aromatic carbocycles. The summed E-state index contributed by atoms with van der Waals surface area (Å²) in [7, 11) is 0. The van der Waals surface area contributed by atoms with Crippen molar-refractivity contribution in [1.29, 1.82) is 5.26 Å². The molecular formula is C7H10N2O2. The molecule has 0 spiro atoms. The summed E-state index contributed by atoms with van der Waals surface area (Å²) >= 11 is 0. The Kier molecular flexibility index (Phi) is 2.44. The second-order valence-electron chi connectivity index (χ2n) is 2.59. The Morgan fingerprint density at radius 2 is 2.45 bits per heavy atom. The minimum atomic E-state index is -0.560. The molecule has 1 saturated heterocycles. The van der Waals surface area contributed by atoms with Crippen LogP contribution in [-0.4, -0.2) is 25.2 Å². The normalized spacial score (nSPS) is 19.6. The summed E-state index contributed by atoms with van der Waals surface area (Å²) in [6, 6.07) is 1.99. The van der Waals surface area contributed by atoms with E-state index < -0.39 is 5.92 Å². The van der Waals surface area contributed by atoms with Crippen LogP contribution in [0.15, 0.2) is 0 Å². The molecule has 1 atom stereocenters. The molecule has 0 aromatic rings. The molecule has 1 aliphatic rings. The maximum atomic E-state index is 11.0.